The highest BCUT2D eigenvalue weighted by atomic mass is 32.2. The minimum Gasteiger partial charge on any atom is -0.229 e. The van der Waals surface area contributed by atoms with Gasteiger partial charge in [-0.15, -0.1) is 0 Å². The first-order chi connectivity index (χ1) is 9.73. The highest BCUT2D eigenvalue weighted by molar-refractivity contribution is 7.92. The molecule has 6 nitrogen and oxygen atoms in total. The van der Waals surface area contributed by atoms with Gasteiger partial charge in [0.1, 0.15) is 0 Å². The predicted molar refractivity (Wildman–Crippen MR) is 78.6 cm³/mol. The van der Waals surface area contributed by atoms with Gasteiger partial charge in [-0.1, -0.05) is 12.1 Å². The van der Waals surface area contributed by atoms with Crippen molar-refractivity contribution in [3.05, 3.63) is 35.4 Å². The van der Waals surface area contributed by atoms with Crippen LogP contribution in [0.15, 0.2) is 24.3 Å². The van der Waals surface area contributed by atoms with E-state index >= 15 is 0 Å². The van der Waals surface area contributed by atoms with E-state index in [2.05, 4.69) is 0 Å². The summed E-state index contributed by atoms with van der Waals surface area (Å²) in [7, 11) is -5.28. The first-order valence-electron chi connectivity index (χ1n) is 6.39. The Kier molecular flexibility index (Phi) is 4.37. The van der Waals surface area contributed by atoms with Crippen molar-refractivity contribution < 1.29 is 16.8 Å². The summed E-state index contributed by atoms with van der Waals surface area (Å²) in [5.41, 5.74) is 1.04. The molecule has 0 N–H and O–H groups in total. The predicted octanol–water partition coefficient (Wildman–Crippen LogP) is 0.507. The van der Waals surface area contributed by atoms with E-state index in [0.29, 0.717) is 17.5 Å². The van der Waals surface area contributed by atoms with Crippen molar-refractivity contribution in [2.45, 2.75) is 18.2 Å². The van der Waals surface area contributed by atoms with Gasteiger partial charge in [0.25, 0.3) is 0 Å². The van der Waals surface area contributed by atoms with Crippen LogP contribution in [0.4, 0.5) is 0 Å². The highest BCUT2D eigenvalue weighted by Crippen LogP contribution is 2.21. The molecule has 1 atom stereocenters. The van der Waals surface area contributed by atoms with Crippen molar-refractivity contribution in [2.75, 3.05) is 18.6 Å². The molecule has 1 heterocycles. The summed E-state index contributed by atoms with van der Waals surface area (Å²) in [4.78, 5) is 0. The number of hydrogen-bond donors (Lipinski definition) is 0. The number of benzene rings is 1. The summed E-state index contributed by atoms with van der Waals surface area (Å²) in [6.07, 6.45) is 0.339. The van der Waals surface area contributed by atoms with Gasteiger partial charge in [0.05, 0.1) is 28.9 Å². The fraction of sp³-hybridized carbons (Fsp3) is 0.462. The maximum absolute atomic E-state index is 12.3. The molecule has 1 unspecified atom stereocenters. The zero-order chi connectivity index (χ0) is 15.7. The van der Waals surface area contributed by atoms with Gasteiger partial charge in [0, 0.05) is 13.1 Å². The third kappa shape index (κ3) is 3.81. The van der Waals surface area contributed by atoms with Gasteiger partial charge >= 0.3 is 0 Å². The molecule has 2 rings (SSSR count). The van der Waals surface area contributed by atoms with Gasteiger partial charge in [-0.3, -0.25) is 0 Å². The molecule has 1 aliphatic rings. The van der Waals surface area contributed by atoms with Crippen LogP contribution in [0.1, 0.15) is 17.5 Å². The van der Waals surface area contributed by atoms with E-state index in [-0.39, 0.29) is 17.3 Å². The number of sulfone groups is 1. The number of rotatable bonds is 4. The van der Waals surface area contributed by atoms with Gasteiger partial charge in [0.2, 0.25) is 10.0 Å². The Hall–Kier alpha value is -1.43. The topological polar surface area (TPSA) is 95.3 Å². The molecule has 0 aliphatic carbocycles. The lowest BCUT2D eigenvalue weighted by atomic mass is 10.2. The first-order valence-corrected chi connectivity index (χ1v) is 9.82. The largest absolute Gasteiger partial charge is 0.229 e. The van der Waals surface area contributed by atoms with E-state index in [1.165, 1.54) is 7.05 Å². The smallest absolute Gasteiger partial charge is 0.218 e. The lowest BCUT2D eigenvalue weighted by Crippen LogP contribution is -2.38. The Morgan fingerprint density at radius 2 is 1.95 bits per heavy atom. The fourth-order valence-electron chi connectivity index (χ4n) is 2.28. The van der Waals surface area contributed by atoms with Crippen LogP contribution in [-0.2, 0) is 25.6 Å². The molecule has 8 heteroatoms. The molecule has 0 bridgehead atoms. The van der Waals surface area contributed by atoms with Gasteiger partial charge in [-0.05, 0) is 24.1 Å². The third-order valence-corrected chi connectivity index (χ3v) is 7.22. The highest BCUT2D eigenvalue weighted by Gasteiger charge is 2.35. The van der Waals surface area contributed by atoms with E-state index in [9.17, 15) is 16.8 Å². The molecule has 114 valence electrons. The Bertz CT molecular complexity index is 761. The molecule has 0 radical (unpaired) electrons. The van der Waals surface area contributed by atoms with Crippen LogP contribution in [0.2, 0.25) is 0 Å². The zero-order valence-corrected chi connectivity index (χ0v) is 13.2. The quantitative estimate of drug-likeness (QED) is 0.802. The first kappa shape index (κ1) is 15.9. The van der Waals surface area contributed by atoms with Gasteiger partial charge in [0.15, 0.2) is 9.84 Å². The number of nitrogens with zero attached hydrogens (tertiary/aromatic N) is 2. The molecule has 1 aromatic rings. The summed E-state index contributed by atoms with van der Waals surface area (Å²) < 4.78 is 48.7. The van der Waals surface area contributed by atoms with Crippen molar-refractivity contribution in [3.63, 3.8) is 0 Å². The normalized spacial score (nSPS) is 21.3. The lowest BCUT2D eigenvalue weighted by Gasteiger charge is -2.22. The lowest BCUT2D eigenvalue weighted by molar-refractivity contribution is 0.393. The van der Waals surface area contributed by atoms with Crippen molar-refractivity contribution in [1.82, 2.24) is 4.31 Å². The summed E-state index contributed by atoms with van der Waals surface area (Å²) in [6.45, 7) is 0. The SMILES string of the molecule is CN(C1CCS(=O)(=O)C1)S(=O)(=O)Cc1ccc(C#N)cc1. The molecule has 1 fully saturated rings. The molecular weight excluding hydrogens is 312 g/mol. The molecule has 0 saturated carbocycles. The molecule has 0 amide bonds. The maximum atomic E-state index is 12.3. The van der Waals surface area contributed by atoms with E-state index < -0.39 is 25.9 Å². The van der Waals surface area contributed by atoms with Crippen LogP contribution in [0.25, 0.3) is 0 Å². The Morgan fingerprint density at radius 3 is 2.43 bits per heavy atom. The summed E-state index contributed by atoms with van der Waals surface area (Å²) >= 11 is 0. The summed E-state index contributed by atoms with van der Waals surface area (Å²) in [5, 5.41) is 8.71. The van der Waals surface area contributed by atoms with E-state index in [1.54, 1.807) is 24.3 Å². The number of sulfonamides is 1. The molecule has 0 spiro atoms. The number of hydrogen-bond acceptors (Lipinski definition) is 5. The van der Waals surface area contributed by atoms with Crippen molar-refractivity contribution in [1.29, 1.82) is 5.26 Å². The van der Waals surface area contributed by atoms with Gasteiger partial charge in [-0.25, -0.2) is 21.1 Å². The average Bonchev–Trinajstić information content (AvgIpc) is 2.78. The molecule has 1 aromatic carbocycles. The minimum absolute atomic E-state index is 0.0361. The molecule has 21 heavy (non-hydrogen) atoms. The Balaban J connectivity index is 2.12. The summed E-state index contributed by atoms with van der Waals surface area (Å²) in [6, 6.07) is 7.79. The van der Waals surface area contributed by atoms with Crippen LogP contribution in [0, 0.1) is 11.3 Å². The average molecular weight is 328 g/mol. The van der Waals surface area contributed by atoms with Gasteiger partial charge < -0.3 is 0 Å². The van der Waals surface area contributed by atoms with Crippen molar-refractivity contribution >= 4 is 19.9 Å². The number of nitriles is 1. The van der Waals surface area contributed by atoms with E-state index in [4.69, 9.17) is 5.26 Å². The second kappa shape index (κ2) is 5.75. The van der Waals surface area contributed by atoms with Crippen LogP contribution in [-0.4, -0.2) is 45.7 Å². The molecule has 0 aromatic heterocycles. The van der Waals surface area contributed by atoms with E-state index in [1.807, 2.05) is 6.07 Å². The Morgan fingerprint density at radius 1 is 1.33 bits per heavy atom. The van der Waals surface area contributed by atoms with Crippen LogP contribution < -0.4 is 0 Å². The van der Waals surface area contributed by atoms with E-state index in [0.717, 1.165) is 4.31 Å². The minimum atomic E-state index is -3.58. The van der Waals surface area contributed by atoms with Crippen LogP contribution in [0.5, 0.6) is 0 Å². The summed E-state index contributed by atoms with van der Waals surface area (Å²) in [5.74, 6) is -0.281. The van der Waals surface area contributed by atoms with Crippen molar-refractivity contribution in [3.8, 4) is 6.07 Å². The second-order valence-electron chi connectivity index (χ2n) is 5.14. The van der Waals surface area contributed by atoms with Crippen LogP contribution >= 0.6 is 0 Å². The molecular formula is C13H16N2O4S2. The fourth-order valence-corrected chi connectivity index (χ4v) is 5.60. The standard InChI is InChI=1S/C13H16N2O4S2/c1-15(13-6-7-20(16,17)10-13)21(18,19)9-12-4-2-11(8-14)3-5-12/h2-5,13H,6-7,9-10H2,1H3. The second-order valence-corrected chi connectivity index (χ2v) is 9.40. The van der Waals surface area contributed by atoms with Crippen LogP contribution in [0.3, 0.4) is 0 Å². The maximum Gasteiger partial charge on any atom is 0.218 e. The molecule has 1 aliphatic heterocycles. The van der Waals surface area contributed by atoms with Gasteiger partial charge in [-0.2, -0.15) is 5.26 Å². The van der Waals surface area contributed by atoms with Crippen molar-refractivity contribution in [2.24, 2.45) is 0 Å². The monoisotopic (exact) mass is 328 g/mol. The Labute approximate surface area is 125 Å². The zero-order valence-electron chi connectivity index (χ0n) is 11.6. The third-order valence-electron chi connectivity index (χ3n) is 3.59. The molecule has 1 saturated heterocycles.